The number of aromatic nitrogens is 5. The van der Waals surface area contributed by atoms with Crippen LogP contribution in [0.25, 0.3) is 27.8 Å². The van der Waals surface area contributed by atoms with Gasteiger partial charge in [-0.3, -0.25) is 0 Å². The molecule has 160 valence electrons. The molecule has 3 heterocycles. The lowest BCUT2D eigenvalue weighted by molar-refractivity contribution is 0.824. The number of fused-ring (bicyclic) bond motifs is 2. The summed E-state index contributed by atoms with van der Waals surface area (Å²) in [5.74, 6) is 1.03. The fourth-order valence-corrected chi connectivity index (χ4v) is 4.16. The maximum absolute atomic E-state index is 4.89. The topological polar surface area (TPSA) is 68.0 Å². The highest BCUT2D eigenvalue weighted by Crippen LogP contribution is 2.26. The van der Waals surface area contributed by atoms with Crippen molar-refractivity contribution in [2.75, 3.05) is 11.6 Å². The number of rotatable bonds is 6. The number of nitrogens with zero attached hydrogens (tertiary/aromatic N) is 5. The van der Waals surface area contributed by atoms with Gasteiger partial charge in [-0.05, 0) is 29.9 Å². The van der Waals surface area contributed by atoms with Crippen LogP contribution in [0.5, 0.6) is 0 Å². The Kier molecular flexibility index (Phi) is 5.49. The Balaban J connectivity index is 1.50. The minimum absolute atomic E-state index is 0.338. The van der Waals surface area contributed by atoms with Crippen LogP contribution in [0, 0.1) is 0 Å². The lowest BCUT2D eigenvalue weighted by Gasteiger charge is -2.13. The third-order valence-electron chi connectivity index (χ3n) is 5.51. The number of pyridine rings is 1. The number of nitrogens with one attached hydrogen (secondary N) is 1. The lowest BCUT2D eigenvalue weighted by atomic mass is 10.0. The maximum Gasteiger partial charge on any atom is 0.228 e. The van der Waals surface area contributed by atoms with E-state index in [1.54, 1.807) is 4.52 Å². The molecule has 0 atom stereocenters. The Bertz CT molecular complexity index is 1410. The zero-order chi connectivity index (χ0) is 22.1. The number of para-hydroxylation sites is 1. The molecule has 0 aliphatic heterocycles. The van der Waals surface area contributed by atoms with Crippen LogP contribution in [0.15, 0.2) is 72.0 Å². The van der Waals surface area contributed by atoms with Crippen molar-refractivity contribution in [1.29, 1.82) is 0 Å². The predicted octanol–water partition coefficient (Wildman–Crippen LogP) is 5.80. The molecule has 3 aromatic heterocycles. The molecule has 32 heavy (non-hydrogen) atoms. The van der Waals surface area contributed by atoms with Crippen LogP contribution >= 0.6 is 11.8 Å². The van der Waals surface area contributed by atoms with E-state index in [0.29, 0.717) is 18.4 Å². The van der Waals surface area contributed by atoms with Gasteiger partial charge in [0.2, 0.25) is 5.95 Å². The molecule has 0 aliphatic rings. The van der Waals surface area contributed by atoms with Gasteiger partial charge in [-0.25, -0.2) is 9.97 Å². The summed E-state index contributed by atoms with van der Waals surface area (Å²) in [4.78, 5) is 14.2. The summed E-state index contributed by atoms with van der Waals surface area (Å²) in [7, 11) is 0. The van der Waals surface area contributed by atoms with E-state index >= 15 is 0 Å². The largest absolute Gasteiger partial charge is 0.350 e. The van der Waals surface area contributed by atoms with Gasteiger partial charge in [0.15, 0.2) is 10.8 Å². The molecular formula is C25H24N6S. The third-order valence-corrected chi connectivity index (χ3v) is 6.06. The van der Waals surface area contributed by atoms with Crippen molar-refractivity contribution in [3.63, 3.8) is 0 Å². The van der Waals surface area contributed by atoms with E-state index in [-0.39, 0.29) is 0 Å². The van der Waals surface area contributed by atoms with Crippen molar-refractivity contribution in [1.82, 2.24) is 24.6 Å². The highest BCUT2D eigenvalue weighted by molar-refractivity contribution is 7.98. The van der Waals surface area contributed by atoms with Gasteiger partial charge in [0.05, 0.1) is 17.4 Å². The Morgan fingerprint density at radius 2 is 1.75 bits per heavy atom. The molecule has 5 aromatic rings. The van der Waals surface area contributed by atoms with E-state index in [4.69, 9.17) is 4.98 Å². The fourth-order valence-electron chi connectivity index (χ4n) is 3.80. The van der Waals surface area contributed by atoms with E-state index in [2.05, 4.69) is 70.6 Å². The molecule has 0 amide bonds. The molecule has 0 fully saturated rings. The highest BCUT2D eigenvalue weighted by Gasteiger charge is 2.15. The lowest BCUT2D eigenvalue weighted by Crippen LogP contribution is -2.10. The molecule has 0 saturated heterocycles. The van der Waals surface area contributed by atoms with Gasteiger partial charge in [0.25, 0.3) is 0 Å². The summed E-state index contributed by atoms with van der Waals surface area (Å²) in [5, 5.41) is 9.90. The first-order valence-corrected chi connectivity index (χ1v) is 11.8. The number of anilines is 1. The number of hydrogen-bond acceptors (Lipinski definition) is 6. The molecule has 6 nitrogen and oxygen atoms in total. The van der Waals surface area contributed by atoms with Gasteiger partial charge >= 0.3 is 0 Å². The molecule has 0 aliphatic carbocycles. The zero-order valence-corrected chi connectivity index (χ0v) is 19.1. The number of benzene rings is 2. The highest BCUT2D eigenvalue weighted by atomic mass is 32.2. The molecule has 2 aromatic carbocycles. The van der Waals surface area contributed by atoms with Gasteiger partial charge in [0.1, 0.15) is 0 Å². The molecule has 5 rings (SSSR count). The van der Waals surface area contributed by atoms with Crippen molar-refractivity contribution < 1.29 is 0 Å². The standard InChI is InChI=1S/C25H24N6S/c1-16(2)20-15-27-31-23(20)29-25(32-3)30-24(31)26-14-18-9-4-6-10-19(18)22-13-12-17-8-5-7-11-21(17)28-22/h4-13,15-16H,14H2,1-3H3,(H,26,29,30). The van der Waals surface area contributed by atoms with Crippen molar-refractivity contribution in [3.05, 3.63) is 78.0 Å². The molecule has 0 spiro atoms. The van der Waals surface area contributed by atoms with Crippen LogP contribution < -0.4 is 5.32 Å². The second kappa shape index (κ2) is 8.59. The Morgan fingerprint density at radius 3 is 2.59 bits per heavy atom. The third kappa shape index (κ3) is 3.80. The summed E-state index contributed by atoms with van der Waals surface area (Å²) < 4.78 is 1.80. The Labute approximate surface area is 191 Å². The van der Waals surface area contributed by atoms with Crippen molar-refractivity contribution in [3.8, 4) is 11.3 Å². The minimum Gasteiger partial charge on any atom is -0.350 e. The molecule has 0 unspecified atom stereocenters. The van der Waals surface area contributed by atoms with Crippen LogP contribution in [-0.4, -0.2) is 30.8 Å². The minimum atomic E-state index is 0.338. The molecular weight excluding hydrogens is 416 g/mol. The van der Waals surface area contributed by atoms with Crippen LogP contribution in [0.4, 0.5) is 5.95 Å². The summed E-state index contributed by atoms with van der Waals surface area (Å²) >= 11 is 1.53. The zero-order valence-electron chi connectivity index (χ0n) is 18.3. The Morgan fingerprint density at radius 1 is 0.938 bits per heavy atom. The van der Waals surface area contributed by atoms with Crippen LogP contribution in [0.3, 0.4) is 0 Å². The summed E-state index contributed by atoms with van der Waals surface area (Å²) in [6.45, 7) is 4.90. The molecule has 1 N–H and O–H groups in total. The normalized spacial score (nSPS) is 11.5. The maximum atomic E-state index is 4.89. The van der Waals surface area contributed by atoms with Gasteiger partial charge in [-0.15, -0.1) is 0 Å². The predicted molar refractivity (Wildman–Crippen MR) is 131 cm³/mol. The van der Waals surface area contributed by atoms with E-state index in [9.17, 15) is 0 Å². The first-order chi connectivity index (χ1) is 15.6. The quantitative estimate of drug-likeness (QED) is 0.337. The van der Waals surface area contributed by atoms with Crippen LogP contribution in [0.1, 0.15) is 30.9 Å². The molecule has 0 saturated carbocycles. The molecule has 0 bridgehead atoms. The van der Waals surface area contributed by atoms with Crippen molar-refractivity contribution >= 4 is 34.3 Å². The number of thioether (sulfide) groups is 1. The summed E-state index contributed by atoms with van der Waals surface area (Å²) in [6, 6.07) is 20.7. The van der Waals surface area contributed by atoms with Gasteiger partial charge in [-0.2, -0.15) is 14.6 Å². The second-order valence-electron chi connectivity index (χ2n) is 7.92. The average Bonchev–Trinajstić information content (AvgIpc) is 3.27. The first kappa shape index (κ1) is 20.5. The van der Waals surface area contributed by atoms with E-state index < -0.39 is 0 Å². The monoisotopic (exact) mass is 440 g/mol. The number of hydrogen-bond donors (Lipinski definition) is 1. The smallest absolute Gasteiger partial charge is 0.228 e. The Hall–Kier alpha value is -3.45. The van der Waals surface area contributed by atoms with E-state index in [1.807, 2.05) is 36.7 Å². The van der Waals surface area contributed by atoms with Crippen molar-refractivity contribution in [2.45, 2.75) is 31.5 Å². The fraction of sp³-hybridized carbons (Fsp3) is 0.200. The van der Waals surface area contributed by atoms with Crippen molar-refractivity contribution in [2.24, 2.45) is 0 Å². The van der Waals surface area contributed by atoms with Gasteiger partial charge in [-0.1, -0.05) is 74.1 Å². The van der Waals surface area contributed by atoms with Crippen LogP contribution in [0.2, 0.25) is 0 Å². The van der Waals surface area contributed by atoms with Gasteiger partial charge in [0, 0.05) is 23.1 Å². The van der Waals surface area contributed by atoms with Gasteiger partial charge < -0.3 is 5.32 Å². The van der Waals surface area contributed by atoms with Crippen LogP contribution in [-0.2, 0) is 6.54 Å². The summed E-state index contributed by atoms with van der Waals surface area (Å²) in [5.41, 5.74) is 6.17. The average molecular weight is 441 g/mol. The molecule has 0 radical (unpaired) electrons. The molecule has 7 heteroatoms. The van der Waals surface area contributed by atoms with E-state index in [0.717, 1.165) is 44.1 Å². The first-order valence-electron chi connectivity index (χ1n) is 10.6. The second-order valence-corrected chi connectivity index (χ2v) is 8.70. The summed E-state index contributed by atoms with van der Waals surface area (Å²) in [6.07, 6.45) is 3.87. The SMILES string of the molecule is CSc1nc(NCc2ccccc2-c2ccc3ccccc3n2)n2ncc(C(C)C)c2n1. The van der Waals surface area contributed by atoms with E-state index in [1.165, 1.54) is 11.8 Å².